The molecule has 0 amide bonds. The van der Waals surface area contributed by atoms with E-state index in [4.69, 9.17) is 5.11 Å². The van der Waals surface area contributed by atoms with Crippen LogP contribution in [0.2, 0.25) is 0 Å². The fraction of sp³-hybridized carbons (Fsp3) is 0.812. The molecule has 0 saturated carbocycles. The molecule has 0 aliphatic heterocycles. The normalized spacial score (nSPS) is 12.2. The van der Waals surface area contributed by atoms with Crippen molar-refractivity contribution in [1.29, 1.82) is 0 Å². The molecule has 0 atom stereocenters. The van der Waals surface area contributed by atoms with Crippen LogP contribution in [-0.4, -0.2) is 17.5 Å². The van der Waals surface area contributed by atoms with E-state index in [0.717, 1.165) is 6.42 Å². The van der Waals surface area contributed by atoms with Crippen LogP contribution in [-0.2, 0) is 4.79 Å². The van der Waals surface area contributed by atoms with Gasteiger partial charge in [-0.25, -0.2) is 0 Å². The van der Waals surface area contributed by atoms with E-state index < -0.39 is 0 Å². The van der Waals surface area contributed by atoms with E-state index in [-0.39, 0.29) is 17.8 Å². The van der Waals surface area contributed by atoms with Gasteiger partial charge in [-0.05, 0) is 24.7 Å². The van der Waals surface area contributed by atoms with Crippen LogP contribution in [0, 0.1) is 5.41 Å². The van der Waals surface area contributed by atoms with Crippen molar-refractivity contribution in [2.75, 3.05) is 6.61 Å². The first kappa shape index (κ1) is 17.4. The molecule has 0 spiro atoms. The summed E-state index contributed by atoms with van der Waals surface area (Å²) in [6.07, 6.45) is 12.3. The number of hydrogen-bond donors (Lipinski definition) is 1. The van der Waals surface area contributed by atoms with Crippen LogP contribution in [0.5, 0.6) is 0 Å². The topological polar surface area (TPSA) is 37.3 Å². The molecule has 0 unspecified atom stereocenters. The van der Waals surface area contributed by atoms with Gasteiger partial charge in [0.25, 0.3) is 0 Å². The number of aliphatic hydroxyl groups excluding tert-OH is 1. The summed E-state index contributed by atoms with van der Waals surface area (Å²) in [5.74, 6) is 0.254. The van der Waals surface area contributed by atoms with Crippen LogP contribution >= 0.6 is 0 Å². The Balaban J connectivity index is 3.83. The Bertz CT molecular complexity index is 241. The smallest absolute Gasteiger partial charge is 0.133 e. The summed E-state index contributed by atoms with van der Waals surface area (Å²) >= 11 is 0. The Hall–Kier alpha value is -0.630. The molecule has 0 bridgehead atoms. The summed E-state index contributed by atoms with van der Waals surface area (Å²) in [7, 11) is 0. The van der Waals surface area contributed by atoms with E-state index in [1.807, 2.05) is 0 Å². The van der Waals surface area contributed by atoms with Gasteiger partial charge in [-0.1, -0.05) is 52.2 Å². The van der Waals surface area contributed by atoms with Crippen molar-refractivity contribution in [2.45, 2.75) is 72.1 Å². The van der Waals surface area contributed by atoms with Gasteiger partial charge < -0.3 is 5.11 Å². The quantitative estimate of drug-likeness (QED) is 0.441. The average molecular weight is 254 g/mol. The Morgan fingerprint density at radius 2 is 1.89 bits per heavy atom. The lowest BCUT2D eigenvalue weighted by Gasteiger charge is -2.19. The third kappa shape index (κ3) is 10.5. The molecule has 0 aromatic heterocycles. The highest BCUT2D eigenvalue weighted by Gasteiger charge is 2.17. The highest BCUT2D eigenvalue weighted by Crippen LogP contribution is 2.24. The van der Waals surface area contributed by atoms with Crippen molar-refractivity contribution < 1.29 is 9.90 Å². The number of unbranched alkanes of at least 4 members (excludes halogenated alkanes) is 4. The first-order chi connectivity index (χ1) is 8.52. The second kappa shape index (κ2) is 10.3. The first-order valence-electron chi connectivity index (χ1n) is 7.32. The van der Waals surface area contributed by atoms with Gasteiger partial charge in [0.05, 0.1) is 0 Å². The fourth-order valence-electron chi connectivity index (χ4n) is 2.02. The summed E-state index contributed by atoms with van der Waals surface area (Å²) in [5, 5.41) is 8.69. The Labute approximate surface area is 112 Å². The number of carbonyl (C=O) groups is 1. The van der Waals surface area contributed by atoms with Crippen molar-refractivity contribution in [3.05, 3.63) is 12.2 Å². The molecule has 0 aliphatic carbocycles. The fourth-order valence-corrected chi connectivity index (χ4v) is 2.02. The minimum absolute atomic E-state index is 0.0443. The summed E-state index contributed by atoms with van der Waals surface area (Å²) in [5.41, 5.74) is -0.0443. The number of ketones is 1. The maximum atomic E-state index is 11.6. The molecule has 2 heteroatoms. The SMILES string of the molecule is CCCCCC/C=C/C(C)(C)CC(=O)CCCO. The molecule has 0 saturated heterocycles. The molecule has 0 rings (SSSR count). The predicted octanol–water partition coefficient (Wildman–Crippen LogP) is 4.27. The monoisotopic (exact) mass is 254 g/mol. The number of carbonyl (C=O) groups excluding carboxylic acids is 1. The standard InChI is InChI=1S/C16H30O2/c1-4-5-6-7-8-9-12-16(2,3)14-15(18)11-10-13-17/h9,12,17H,4-8,10-11,13-14H2,1-3H3/b12-9+. The maximum Gasteiger partial charge on any atom is 0.133 e. The number of Topliss-reactive ketones (excluding diaryl/α,β-unsaturated/α-hetero) is 1. The number of hydrogen-bond acceptors (Lipinski definition) is 2. The van der Waals surface area contributed by atoms with Gasteiger partial charge in [0.1, 0.15) is 5.78 Å². The van der Waals surface area contributed by atoms with Gasteiger partial charge in [-0.15, -0.1) is 0 Å². The lowest BCUT2D eigenvalue weighted by molar-refractivity contribution is -0.120. The highest BCUT2D eigenvalue weighted by atomic mass is 16.3. The number of rotatable bonds is 11. The largest absolute Gasteiger partial charge is 0.396 e. The van der Waals surface area contributed by atoms with Crippen LogP contribution < -0.4 is 0 Å². The molecule has 0 fully saturated rings. The lowest BCUT2D eigenvalue weighted by Crippen LogP contribution is -2.14. The second-order valence-corrected chi connectivity index (χ2v) is 5.78. The van der Waals surface area contributed by atoms with Crippen molar-refractivity contribution >= 4 is 5.78 Å². The van der Waals surface area contributed by atoms with E-state index in [1.54, 1.807) is 0 Å². The van der Waals surface area contributed by atoms with Crippen LogP contribution in [0.3, 0.4) is 0 Å². The summed E-state index contributed by atoms with van der Waals surface area (Å²) < 4.78 is 0. The zero-order valence-corrected chi connectivity index (χ0v) is 12.4. The zero-order chi connectivity index (χ0) is 13.9. The van der Waals surface area contributed by atoms with Crippen LogP contribution in [0.25, 0.3) is 0 Å². The summed E-state index contributed by atoms with van der Waals surface area (Å²) in [6, 6.07) is 0. The third-order valence-corrected chi connectivity index (χ3v) is 3.06. The van der Waals surface area contributed by atoms with Gasteiger partial charge in [-0.2, -0.15) is 0 Å². The van der Waals surface area contributed by atoms with Crippen LogP contribution in [0.4, 0.5) is 0 Å². The molecule has 18 heavy (non-hydrogen) atoms. The van der Waals surface area contributed by atoms with E-state index >= 15 is 0 Å². The molecule has 1 N–H and O–H groups in total. The van der Waals surface area contributed by atoms with Gasteiger partial charge >= 0.3 is 0 Å². The minimum Gasteiger partial charge on any atom is -0.396 e. The van der Waals surface area contributed by atoms with E-state index in [0.29, 0.717) is 19.3 Å². The van der Waals surface area contributed by atoms with Crippen molar-refractivity contribution in [2.24, 2.45) is 5.41 Å². The summed E-state index contributed by atoms with van der Waals surface area (Å²) in [4.78, 5) is 11.6. The van der Waals surface area contributed by atoms with Gasteiger partial charge in [0.15, 0.2) is 0 Å². The van der Waals surface area contributed by atoms with Crippen LogP contribution in [0.1, 0.15) is 72.1 Å². The molecule has 0 radical (unpaired) electrons. The molecule has 0 aliphatic rings. The molecule has 0 heterocycles. The van der Waals surface area contributed by atoms with E-state index in [2.05, 4.69) is 32.9 Å². The molecular formula is C16H30O2. The Morgan fingerprint density at radius 3 is 2.50 bits per heavy atom. The molecule has 106 valence electrons. The molecule has 0 aromatic rings. The molecule has 2 nitrogen and oxygen atoms in total. The van der Waals surface area contributed by atoms with E-state index in [9.17, 15) is 4.79 Å². The maximum absolute atomic E-state index is 11.6. The third-order valence-electron chi connectivity index (χ3n) is 3.06. The van der Waals surface area contributed by atoms with Crippen molar-refractivity contribution in [3.8, 4) is 0 Å². The van der Waals surface area contributed by atoms with Crippen LogP contribution in [0.15, 0.2) is 12.2 Å². The Kier molecular flexibility index (Phi) is 9.95. The average Bonchev–Trinajstić information content (AvgIpc) is 2.30. The van der Waals surface area contributed by atoms with Gasteiger partial charge in [0.2, 0.25) is 0 Å². The molecule has 0 aromatic carbocycles. The molecular weight excluding hydrogens is 224 g/mol. The Morgan fingerprint density at radius 1 is 1.17 bits per heavy atom. The van der Waals surface area contributed by atoms with Crippen molar-refractivity contribution in [3.63, 3.8) is 0 Å². The number of allylic oxidation sites excluding steroid dienone is 2. The van der Waals surface area contributed by atoms with Gasteiger partial charge in [0, 0.05) is 19.4 Å². The first-order valence-corrected chi connectivity index (χ1v) is 7.32. The minimum atomic E-state index is -0.0443. The summed E-state index contributed by atoms with van der Waals surface area (Å²) in [6.45, 7) is 6.54. The highest BCUT2D eigenvalue weighted by molar-refractivity contribution is 5.79. The van der Waals surface area contributed by atoms with E-state index in [1.165, 1.54) is 25.7 Å². The second-order valence-electron chi connectivity index (χ2n) is 5.78. The zero-order valence-electron chi connectivity index (χ0n) is 12.4. The van der Waals surface area contributed by atoms with Crippen molar-refractivity contribution in [1.82, 2.24) is 0 Å². The number of aliphatic hydroxyl groups is 1. The lowest BCUT2D eigenvalue weighted by atomic mass is 9.85. The van der Waals surface area contributed by atoms with Gasteiger partial charge in [-0.3, -0.25) is 4.79 Å². The predicted molar refractivity (Wildman–Crippen MR) is 77.6 cm³/mol.